The number of amides is 1. The molecule has 5 nitrogen and oxygen atoms in total. The van der Waals surface area contributed by atoms with Crippen molar-refractivity contribution in [2.24, 2.45) is 0 Å². The van der Waals surface area contributed by atoms with Gasteiger partial charge in [0.1, 0.15) is 11.6 Å². The number of nitrogens with zero attached hydrogens (tertiary/aromatic N) is 2. The number of halogens is 2. The van der Waals surface area contributed by atoms with Crippen LogP contribution >= 0.6 is 0 Å². The summed E-state index contributed by atoms with van der Waals surface area (Å²) < 4.78 is 26.5. The molecule has 0 saturated heterocycles. The quantitative estimate of drug-likeness (QED) is 0.727. The van der Waals surface area contributed by atoms with Gasteiger partial charge in [-0.3, -0.25) is 9.89 Å². The largest absolute Gasteiger partial charge is 0.348 e. The summed E-state index contributed by atoms with van der Waals surface area (Å²) in [6.07, 6.45) is 4.46. The molecular formula is C16H12F2N4O. The fourth-order valence-electron chi connectivity index (χ4n) is 2.08. The molecular weight excluding hydrogens is 302 g/mol. The number of rotatable bonds is 4. The Hall–Kier alpha value is -3.09. The van der Waals surface area contributed by atoms with Crippen molar-refractivity contribution in [3.63, 3.8) is 0 Å². The van der Waals surface area contributed by atoms with E-state index in [2.05, 4.69) is 20.5 Å². The average molecular weight is 314 g/mol. The molecule has 0 aliphatic rings. The molecule has 0 spiro atoms. The number of fused-ring (bicyclic) bond motifs is 1. The van der Waals surface area contributed by atoms with Crippen LogP contribution in [0.4, 0.5) is 8.78 Å². The first-order valence-electron chi connectivity index (χ1n) is 6.82. The predicted molar refractivity (Wildman–Crippen MR) is 81.1 cm³/mol. The SMILES string of the molecule is O=C(/C=C/c1[nH]nc2ncccc12)NCc1cc(F)ccc1F. The van der Waals surface area contributed by atoms with Crippen LogP contribution in [0.15, 0.2) is 42.6 Å². The molecule has 0 aliphatic carbocycles. The standard InChI is InChI=1S/C16H12F2N4O/c17-11-3-4-13(18)10(8-11)9-20-15(23)6-5-14-12-2-1-7-19-16(12)22-21-14/h1-8H,9H2,(H,20,23)(H,19,21,22)/b6-5+. The van der Waals surface area contributed by atoms with Gasteiger partial charge in [0, 0.05) is 29.8 Å². The van der Waals surface area contributed by atoms with Crippen molar-refractivity contribution in [1.29, 1.82) is 0 Å². The van der Waals surface area contributed by atoms with Gasteiger partial charge in [-0.2, -0.15) is 5.10 Å². The Kier molecular flexibility index (Phi) is 4.09. The molecule has 0 saturated carbocycles. The maximum absolute atomic E-state index is 13.4. The van der Waals surface area contributed by atoms with E-state index in [0.717, 1.165) is 23.6 Å². The van der Waals surface area contributed by atoms with Crippen molar-refractivity contribution in [3.05, 3.63) is 65.5 Å². The lowest BCUT2D eigenvalue weighted by atomic mass is 10.2. The van der Waals surface area contributed by atoms with Gasteiger partial charge in [-0.05, 0) is 36.4 Å². The second-order valence-corrected chi connectivity index (χ2v) is 4.80. The zero-order chi connectivity index (χ0) is 16.2. The lowest BCUT2D eigenvalue weighted by Gasteiger charge is -2.04. The number of carbonyl (C=O) groups is 1. The Bertz CT molecular complexity index is 889. The number of aromatic nitrogens is 3. The smallest absolute Gasteiger partial charge is 0.244 e. The van der Waals surface area contributed by atoms with Crippen molar-refractivity contribution in [2.45, 2.75) is 6.54 Å². The minimum Gasteiger partial charge on any atom is -0.348 e. The summed E-state index contributed by atoms with van der Waals surface area (Å²) >= 11 is 0. The molecule has 1 aromatic carbocycles. The molecule has 23 heavy (non-hydrogen) atoms. The highest BCUT2D eigenvalue weighted by molar-refractivity contribution is 5.94. The van der Waals surface area contributed by atoms with Gasteiger partial charge in [0.05, 0.1) is 5.69 Å². The van der Waals surface area contributed by atoms with Crippen LogP contribution in [0.1, 0.15) is 11.3 Å². The molecule has 1 amide bonds. The van der Waals surface area contributed by atoms with E-state index in [1.807, 2.05) is 6.07 Å². The Balaban J connectivity index is 1.66. The topological polar surface area (TPSA) is 70.7 Å². The number of benzene rings is 1. The van der Waals surface area contributed by atoms with Crippen LogP contribution in [-0.4, -0.2) is 21.1 Å². The number of pyridine rings is 1. The second-order valence-electron chi connectivity index (χ2n) is 4.80. The molecule has 0 bridgehead atoms. The van der Waals surface area contributed by atoms with Crippen LogP contribution in [-0.2, 0) is 11.3 Å². The van der Waals surface area contributed by atoms with Crippen LogP contribution < -0.4 is 5.32 Å². The first-order chi connectivity index (χ1) is 11.1. The van der Waals surface area contributed by atoms with Crippen LogP contribution in [0.25, 0.3) is 17.1 Å². The zero-order valence-electron chi connectivity index (χ0n) is 11.9. The normalized spacial score (nSPS) is 11.2. The van der Waals surface area contributed by atoms with Crippen LogP contribution in [0.5, 0.6) is 0 Å². The summed E-state index contributed by atoms with van der Waals surface area (Å²) in [5, 5.41) is 10.1. The number of carbonyl (C=O) groups excluding carboxylic acids is 1. The van der Waals surface area contributed by atoms with Crippen molar-refractivity contribution >= 4 is 23.0 Å². The van der Waals surface area contributed by atoms with Gasteiger partial charge in [-0.1, -0.05) is 0 Å². The predicted octanol–water partition coefficient (Wildman–Crippen LogP) is 2.57. The number of hydrogen-bond acceptors (Lipinski definition) is 3. The van der Waals surface area contributed by atoms with Crippen LogP contribution in [0.2, 0.25) is 0 Å². The third-order valence-electron chi connectivity index (χ3n) is 3.22. The van der Waals surface area contributed by atoms with Gasteiger partial charge in [0.15, 0.2) is 5.65 Å². The number of hydrogen-bond donors (Lipinski definition) is 2. The molecule has 0 radical (unpaired) electrons. The van der Waals surface area contributed by atoms with E-state index in [4.69, 9.17) is 0 Å². The molecule has 3 rings (SSSR count). The summed E-state index contributed by atoms with van der Waals surface area (Å²) in [6.45, 7) is -0.0992. The molecule has 7 heteroatoms. The maximum atomic E-state index is 13.4. The fraction of sp³-hybridized carbons (Fsp3) is 0.0625. The van der Waals surface area contributed by atoms with Crippen molar-refractivity contribution < 1.29 is 13.6 Å². The van der Waals surface area contributed by atoms with E-state index in [9.17, 15) is 13.6 Å². The van der Waals surface area contributed by atoms with Gasteiger partial charge in [0.2, 0.25) is 5.91 Å². The second kappa shape index (κ2) is 6.35. The highest BCUT2D eigenvalue weighted by atomic mass is 19.1. The molecule has 0 aliphatic heterocycles. The number of H-pyrrole nitrogens is 1. The molecule has 2 N–H and O–H groups in total. The average Bonchev–Trinajstić information content (AvgIpc) is 2.97. The van der Waals surface area contributed by atoms with E-state index >= 15 is 0 Å². The van der Waals surface area contributed by atoms with E-state index in [1.165, 1.54) is 6.08 Å². The summed E-state index contributed by atoms with van der Waals surface area (Å²) in [5.74, 6) is -1.55. The lowest BCUT2D eigenvalue weighted by molar-refractivity contribution is -0.116. The monoisotopic (exact) mass is 314 g/mol. The molecule has 2 heterocycles. The summed E-state index contributed by atoms with van der Waals surface area (Å²) in [4.78, 5) is 15.8. The molecule has 0 atom stereocenters. The summed E-state index contributed by atoms with van der Waals surface area (Å²) in [6, 6.07) is 6.69. The Labute approximate surface area is 130 Å². The van der Waals surface area contributed by atoms with Gasteiger partial charge < -0.3 is 5.32 Å². The number of aromatic amines is 1. The molecule has 0 fully saturated rings. The zero-order valence-corrected chi connectivity index (χ0v) is 11.9. The van der Waals surface area contributed by atoms with Gasteiger partial charge in [0.25, 0.3) is 0 Å². The molecule has 2 aromatic heterocycles. The summed E-state index contributed by atoms with van der Waals surface area (Å²) in [7, 11) is 0. The van der Waals surface area contributed by atoms with Gasteiger partial charge in [-0.25, -0.2) is 13.8 Å². The molecule has 116 valence electrons. The lowest BCUT2D eigenvalue weighted by Crippen LogP contribution is -2.21. The molecule has 3 aromatic rings. The van der Waals surface area contributed by atoms with Crippen molar-refractivity contribution in [2.75, 3.05) is 0 Å². The highest BCUT2D eigenvalue weighted by Crippen LogP contribution is 2.14. The maximum Gasteiger partial charge on any atom is 0.244 e. The minimum atomic E-state index is -0.568. The Morgan fingerprint density at radius 1 is 1.30 bits per heavy atom. The first-order valence-corrected chi connectivity index (χ1v) is 6.82. The minimum absolute atomic E-state index is 0.0861. The van der Waals surface area contributed by atoms with E-state index in [-0.39, 0.29) is 12.1 Å². The van der Waals surface area contributed by atoms with E-state index < -0.39 is 17.5 Å². The fourth-order valence-corrected chi connectivity index (χ4v) is 2.08. The Morgan fingerprint density at radius 2 is 2.17 bits per heavy atom. The van der Waals surface area contributed by atoms with Crippen LogP contribution in [0, 0.1) is 11.6 Å². The third kappa shape index (κ3) is 3.39. The van der Waals surface area contributed by atoms with Crippen LogP contribution in [0.3, 0.4) is 0 Å². The third-order valence-corrected chi connectivity index (χ3v) is 3.22. The van der Waals surface area contributed by atoms with Crippen molar-refractivity contribution in [3.8, 4) is 0 Å². The van der Waals surface area contributed by atoms with Crippen molar-refractivity contribution in [1.82, 2.24) is 20.5 Å². The highest BCUT2D eigenvalue weighted by Gasteiger charge is 2.06. The van der Waals surface area contributed by atoms with E-state index in [1.54, 1.807) is 18.3 Å². The Morgan fingerprint density at radius 3 is 3.04 bits per heavy atom. The number of nitrogens with one attached hydrogen (secondary N) is 2. The first kappa shape index (κ1) is 14.8. The van der Waals surface area contributed by atoms with Gasteiger partial charge in [-0.15, -0.1) is 0 Å². The summed E-state index contributed by atoms with van der Waals surface area (Å²) in [5.41, 5.74) is 1.28. The van der Waals surface area contributed by atoms with E-state index in [0.29, 0.717) is 11.3 Å². The van der Waals surface area contributed by atoms with Gasteiger partial charge >= 0.3 is 0 Å². The molecule has 0 unspecified atom stereocenters.